The predicted octanol–water partition coefficient (Wildman–Crippen LogP) is 3.18. The van der Waals surface area contributed by atoms with Crippen molar-refractivity contribution in [3.63, 3.8) is 0 Å². The number of nitrogens with zero attached hydrogens (tertiary/aromatic N) is 1. The fourth-order valence-corrected chi connectivity index (χ4v) is 1.81. The lowest BCUT2D eigenvalue weighted by Gasteiger charge is -2.06. The zero-order chi connectivity index (χ0) is 14.6. The van der Waals surface area contributed by atoms with Crippen LogP contribution in [0.25, 0.3) is 0 Å². The number of alkyl halides is 3. The molecular weight excluding hydrogens is 269 g/mol. The van der Waals surface area contributed by atoms with E-state index in [1.54, 1.807) is 6.26 Å². The van der Waals surface area contributed by atoms with Crippen molar-refractivity contribution in [2.24, 2.45) is 5.73 Å². The van der Waals surface area contributed by atoms with Gasteiger partial charge in [0.25, 0.3) is 0 Å². The van der Waals surface area contributed by atoms with E-state index in [-0.39, 0.29) is 0 Å². The largest absolute Gasteiger partial charge is 0.448 e. The van der Waals surface area contributed by atoms with Crippen LogP contribution in [0.15, 0.2) is 34.9 Å². The molecule has 0 saturated carbocycles. The summed E-state index contributed by atoms with van der Waals surface area (Å²) < 4.78 is 42.6. The summed E-state index contributed by atoms with van der Waals surface area (Å²) in [7, 11) is 0. The zero-order valence-electron chi connectivity index (χ0n) is 10.8. The van der Waals surface area contributed by atoms with Gasteiger partial charge in [0.05, 0.1) is 11.3 Å². The highest BCUT2D eigenvalue weighted by Crippen LogP contribution is 2.29. The Kier molecular flexibility index (Phi) is 4.44. The van der Waals surface area contributed by atoms with Crippen LogP contribution in [0.1, 0.15) is 29.1 Å². The van der Waals surface area contributed by atoms with E-state index in [1.165, 1.54) is 12.1 Å². The molecule has 2 rings (SSSR count). The van der Waals surface area contributed by atoms with Crippen LogP contribution in [-0.4, -0.2) is 11.5 Å². The second kappa shape index (κ2) is 6.09. The fourth-order valence-electron chi connectivity index (χ4n) is 1.81. The molecule has 1 aromatic heterocycles. The lowest BCUT2D eigenvalue weighted by Crippen LogP contribution is -2.04. The Morgan fingerprint density at radius 3 is 2.45 bits per heavy atom. The first-order valence-corrected chi connectivity index (χ1v) is 6.28. The molecule has 1 heterocycles. The van der Waals surface area contributed by atoms with Crippen molar-refractivity contribution in [1.82, 2.24) is 4.98 Å². The van der Waals surface area contributed by atoms with Gasteiger partial charge in [-0.2, -0.15) is 13.2 Å². The van der Waals surface area contributed by atoms with Crippen molar-refractivity contribution in [3.05, 3.63) is 53.2 Å². The first-order chi connectivity index (χ1) is 9.49. The van der Waals surface area contributed by atoms with Crippen LogP contribution >= 0.6 is 0 Å². The van der Waals surface area contributed by atoms with Crippen molar-refractivity contribution in [2.75, 3.05) is 6.54 Å². The maximum atomic E-state index is 12.4. The second-order valence-corrected chi connectivity index (χ2v) is 4.50. The summed E-state index contributed by atoms with van der Waals surface area (Å²) in [6.07, 6.45) is -0.800. The average molecular weight is 284 g/mol. The number of nitrogens with two attached hydrogens (primary N) is 1. The lowest BCUT2D eigenvalue weighted by molar-refractivity contribution is -0.137. The number of aromatic nitrogens is 1. The maximum Gasteiger partial charge on any atom is 0.416 e. The highest BCUT2D eigenvalue weighted by Gasteiger charge is 2.29. The Labute approximate surface area is 114 Å². The van der Waals surface area contributed by atoms with Gasteiger partial charge in [-0.25, -0.2) is 4.98 Å². The Morgan fingerprint density at radius 2 is 1.85 bits per heavy atom. The number of hydrogen-bond acceptors (Lipinski definition) is 3. The van der Waals surface area contributed by atoms with Crippen LogP contribution < -0.4 is 5.73 Å². The molecular formula is C14H15F3N2O. The van der Waals surface area contributed by atoms with Gasteiger partial charge >= 0.3 is 6.18 Å². The van der Waals surface area contributed by atoms with Crippen LogP contribution in [0.2, 0.25) is 0 Å². The smallest absolute Gasteiger partial charge is 0.416 e. The number of aryl methyl sites for hydroxylation is 1. The van der Waals surface area contributed by atoms with Gasteiger partial charge in [0.2, 0.25) is 0 Å². The summed E-state index contributed by atoms with van der Waals surface area (Å²) in [4.78, 5) is 4.27. The van der Waals surface area contributed by atoms with E-state index in [2.05, 4.69) is 4.98 Å². The molecule has 2 aromatic rings. The topological polar surface area (TPSA) is 52.0 Å². The molecule has 1 aromatic carbocycles. The van der Waals surface area contributed by atoms with E-state index >= 15 is 0 Å². The monoisotopic (exact) mass is 284 g/mol. The molecule has 0 unspecified atom stereocenters. The van der Waals surface area contributed by atoms with Crippen molar-refractivity contribution in [2.45, 2.75) is 25.4 Å². The third-order valence-corrected chi connectivity index (χ3v) is 2.87. The average Bonchev–Trinajstić information content (AvgIpc) is 2.83. The van der Waals surface area contributed by atoms with Gasteiger partial charge < -0.3 is 10.2 Å². The van der Waals surface area contributed by atoms with Gasteiger partial charge in [0, 0.05) is 6.42 Å². The number of benzene rings is 1. The molecule has 2 N–H and O–H groups in total. The first kappa shape index (κ1) is 14.6. The Hall–Kier alpha value is -1.82. The quantitative estimate of drug-likeness (QED) is 0.917. The molecule has 108 valence electrons. The van der Waals surface area contributed by atoms with E-state index in [0.29, 0.717) is 18.9 Å². The minimum absolute atomic E-state index is 0.376. The SMILES string of the molecule is NCCCc1coc(Cc2ccc(C(F)(F)F)cc2)n1. The lowest BCUT2D eigenvalue weighted by atomic mass is 10.1. The van der Waals surface area contributed by atoms with Crippen LogP contribution in [0.4, 0.5) is 13.2 Å². The van der Waals surface area contributed by atoms with Gasteiger partial charge in [0.15, 0.2) is 5.89 Å². The molecule has 0 saturated heterocycles. The van der Waals surface area contributed by atoms with Crippen molar-refractivity contribution in [1.29, 1.82) is 0 Å². The highest BCUT2D eigenvalue weighted by atomic mass is 19.4. The molecule has 0 amide bonds. The molecule has 0 atom stereocenters. The van der Waals surface area contributed by atoms with E-state index in [1.807, 2.05) is 0 Å². The molecule has 0 bridgehead atoms. The van der Waals surface area contributed by atoms with Crippen LogP contribution in [0.3, 0.4) is 0 Å². The second-order valence-electron chi connectivity index (χ2n) is 4.50. The summed E-state index contributed by atoms with van der Waals surface area (Å²) in [6.45, 7) is 0.584. The van der Waals surface area contributed by atoms with Crippen LogP contribution in [0, 0.1) is 0 Å². The zero-order valence-corrected chi connectivity index (χ0v) is 10.8. The molecule has 0 spiro atoms. The Morgan fingerprint density at radius 1 is 1.15 bits per heavy atom. The van der Waals surface area contributed by atoms with Gasteiger partial charge in [-0.3, -0.25) is 0 Å². The molecule has 3 nitrogen and oxygen atoms in total. The van der Waals surface area contributed by atoms with Crippen LogP contribution in [-0.2, 0) is 19.0 Å². The summed E-state index contributed by atoms with van der Waals surface area (Å²) in [5.41, 5.74) is 6.29. The van der Waals surface area contributed by atoms with Crippen LogP contribution in [0.5, 0.6) is 0 Å². The minimum Gasteiger partial charge on any atom is -0.448 e. The normalized spacial score (nSPS) is 11.8. The van der Waals surface area contributed by atoms with Crippen molar-refractivity contribution < 1.29 is 17.6 Å². The van der Waals surface area contributed by atoms with E-state index < -0.39 is 11.7 Å². The Bertz CT molecular complexity index is 546. The van der Waals surface area contributed by atoms with Gasteiger partial charge in [-0.1, -0.05) is 12.1 Å². The molecule has 0 aliphatic heterocycles. The minimum atomic E-state index is -4.31. The van der Waals surface area contributed by atoms with Gasteiger partial charge in [-0.05, 0) is 37.1 Å². The Balaban J connectivity index is 2.01. The van der Waals surface area contributed by atoms with E-state index in [4.69, 9.17) is 10.2 Å². The number of rotatable bonds is 5. The number of hydrogen-bond donors (Lipinski definition) is 1. The van der Waals surface area contributed by atoms with E-state index in [0.717, 1.165) is 36.2 Å². The first-order valence-electron chi connectivity index (χ1n) is 6.28. The summed E-state index contributed by atoms with van der Waals surface area (Å²) in [5.74, 6) is 0.497. The molecule has 20 heavy (non-hydrogen) atoms. The van der Waals surface area contributed by atoms with Crippen molar-refractivity contribution >= 4 is 0 Å². The fraction of sp³-hybridized carbons (Fsp3) is 0.357. The molecule has 0 aliphatic carbocycles. The van der Waals surface area contributed by atoms with Crippen molar-refractivity contribution in [3.8, 4) is 0 Å². The van der Waals surface area contributed by atoms with Gasteiger partial charge in [0.1, 0.15) is 6.26 Å². The number of halogens is 3. The molecule has 0 radical (unpaired) electrons. The van der Waals surface area contributed by atoms with E-state index in [9.17, 15) is 13.2 Å². The molecule has 0 fully saturated rings. The number of oxazole rings is 1. The predicted molar refractivity (Wildman–Crippen MR) is 68.1 cm³/mol. The summed E-state index contributed by atoms with van der Waals surface area (Å²) in [6, 6.07) is 5.00. The molecule has 0 aliphatic rings. The van der Waals surface area contributed by atoms with Gasteiger partial charge in [-0.15, -0.1) is 0 Å². The standard InChI is InChI=1S/C14H15F3N2O/c15-14(16,17)11-5-3-10(4-6-11)8-13-19-12(9-20-13)2-1-7-18/h3-6,9H,1-2,7-8,18H2. The third-order valence-electron chi connectivity index (χ3n) is 2.87. The summed E-state index contributed by atoms with van der Waals surface area (Å²) in [5, 5.41) is 0. The molecule has 6 heteroatoms. The maximum absolute atomic E-state index is 12.4. The summed E-state index contributed by atoms with van der Waals surface area (Å²) >= 11 is 0. The highest BCUT2D eigenvalue weighted by molar-refractivity contribution is 5.26. The third kappa shape index (κ3) is 3.84.